The van der Waals surface area contributed by atoms with Gasteiger partial charge in [-0.15, -0.1) is 0 Å². The summed E-state index contributed by atoms with van der Waals surface area (Å²) in [4.78, 5) is 26.9. The van der Waals surface area contributed by atoms with Gasteiger partial charge in [-0.3, -0.25) is 14.6 Å². The number of nitrogens with zero attached hydrogens (tertiary/aromatic N) is 1. The van der Waals surface area contributed by atoms with Crippen molar-refractivity contribution in [1.29, 1.82) is 0 Å². The zero-order valence-electron chi connectivity index (χ0n) is 9.47. The predicted octanol–water partition coefficient (Wildman–Crippen LogP) is 1.39. The van der Waals surface area contributed by atoms with Crippen molar-refractivity contribution in [2.45, 2.75) is 20.3 Å². The highest BCUT2D eigenvalue weighted by atomic mass is 16.5. The van der Waals surface area contributed by atoms with Crippen molar-refractivity contribution in [1.82, 2.24) is 4.98 Å². The first-order chi connectivity index (χ1) is 7.65. The summed E-state index contributed by atoms with van der Waals surface area (Å²) in [6, 6.07) is 5.40. The van der Waals surface area contributed by atoms with Crippen molar-refractivity contribution in [3.8, 4) is 0 Å². The number of aromatic nitrogens is 1. The van der Waals surface area contributed by atoms with E-state index in [2.05, 4.69) is 4.98 Å². The largest absolute Gasteiger partial charge is 0.465 e. The number of ketones is 1. The molecule has 0 amide bonds. The Hall–Kier alpha value is -1.71. The summed E-state index contributed by atoms with van der Waals surface area (Å²) in [6.07, 6.45) is 1.94. The molecule has 0 aliphatic rings. The summed E-state index contributed by atoms with van der Waals surface area (Å²) in [7, 11) is 0. The molecular formula is C12H15NO3. The molecule has 0 spiro atoms. The fourth-order valence-electron chi connectivity index (χ4n) is 1.36. The molecule has 0 fully saturated rings. The summed E-state index contributed by atoms with van der Waals surface area (Å²) in [5.41, 5.74) is 0.718. The second-order valence-electron chi connectivity index (χ2n) is 3.44. The normalized spacial score (nSPS) is 11.9. The number of Topliss-reactive ketones (excluding diaryl/α,β-unsaturated/α-hetero) is 1. The van der Waals surface area contributed by atoms with Crippen molar-refractivity contribution in [2.75, 3.05) is 6.61 Å². The van der Waals surface area contributed by atoms with Gasteiger partial charge in [0.2, 0.25) is 0 Å². The van der Waals surface area contributed by atoms with E-state index in [1.807, 2.05) is 6.07 Å². The highest BCUT2D eigenvalue weighted by Crippen LogP contribution is 2.09. The van der Waals surface area contributed by atoms with Gasteiger partial charge in [0.1, 0.15) is 11.7 Å². The highest BCUT2D eigenvalue weighted by molar-refractivity contribution is 5.97. The van der Waals surface area contributed by atoms with Crippen molar-refractivity contribution in [3.63, 3.8) is 0 Å². The van der Waals surface area contributed by atoms with Gasteiger partial charge >= 0.3 is 5.97 Å². The van der Waals surface area contributed by atoms with E-state index in [-0.39, 0.29) is 12.4 Å². The number of hydrogen-bond donors (Lipinski definition) is 0. The molecule has 0 bridgehead atoms. The van der Waals surface area contributed by atoms with Crippen LogP contribution in [0.25, 0.3) is 0 Å². The lowest BCUT2D eigenvalue weighted by atomic mass is 9.99. The lowest BCUT2D eigenvalue weighted by Gasteiger charge is -2.11. The van der Waals surface area contributed by atoms with Crippen molar-refractivity contribution in [2.24, 2.45) is 5.92 Å². The molecule has 1 unspecified atom stereocenters. The topological polar surface area (TPSA) is 56.3 Å². The van der Waals surface area contributed by atoms with Crippen LogP contribution < -0.4 is 0 Å². The molecule has 1 atom stereocenters. The first-order valence-corrected chi connectivity index (χ1v) is 5.22. The van der Waals surface area contributed by atoms with E-state index in [1.165, 1.54) is 6.92 Å². The van der Waals surface area contributed by atoms with Crippen LogP contribution in [0, 0.1) is 5.92 Å². The summed E-state index contributed by atoms with van der Waals surface area (Å²) in [5, 5.41) is 0. The minimum Gasteiger partial charge on any atom is -0.465 e. The van der Waals surface area contributed by atoms with E-state index in [0.29, 0.717) is 6.42 Å². The number of ether oxygens (including phenoxy) is 1. The molecule has 4 heteroatoms. The third-order valence-electron chi connectivity index (χ3n) is 2.20. The van der Waals surface area contributed by atoms with Gasteiger partial charge in [0.25, 0.3) is 0 Å². The van der Waals surface area contributed by atoms with Gasteiger partial charge in [0, 0.05) is 18.3 Å². The summed E-state index contributed by atoms with van der Waals surface area (Å²) >= 11 is 0. The number of esters is 1. The zero-order chi connectivity index (χ0) is 12.0. The number of carbonyl (C=O) groups is 2. The Kier molecular flexibility index (Phi) is 4.64. The van der Waals surface area contributed by atoms with Gasteiger partial charge in [-0.25, -0.2) is 0 Å². The van der Waals surface area contributed by atoms with Crippen LogP contribution in [0.5, 0.6) is 0 Å². The van der Waals surface area contributed by atoms with Gasteiger partial charge in [-0.05, 0) is 26.0 Å². The monoisotopic (exact) mass is 221 g/mol. The fraction of sp³-hybridized carbons (Fsp3) is 0.417. The number of carbonyl (C=O) groups excluding carboxylic acids is 2. The van der Waals surface area contributed by atoms with Crippen molar-refractivity contribution >= 4 is 11.8 Å². The standard InChI is InChI=1S/C12H15NO3/c1-3-16-12(15)11(9(2)14)8-10-6-4-5-7-13-10/h4-7,11H,3,8H2,1-2H3. The van der Waals surface area contributed by atoms with Crippen LogP contribution in [0.15, 0.2) is 24.4 Å². The summed E-state index contributed by atoms with van der Waals surface area (Å²) < 4.78 is 4.85. The Balaban J connectivity index is 2.73. The van der Waals surface area contributed by atoms with Crippen LogP contribution in [0.2, 0.25) is 0 Å². The molecule has 86 valence electrons. The van der Waals surface area contributed by atoms with E-state index in [4.69, 9.17) is 4.74 Å². The molecule has 0 saturated heterocycles. The highest BCUT2D eigenvalue weighted by Gasteiger charge is 2.25. The van der Waals surface area contributed by atoms with Gasteiger partial charge in [0.05, 0.1) is 6.61 Å². The van der Waals surface area contributed by atoms with Gasteiger partial charge < -0.3 is 4.74 Å². The Bertz CT molecular complexity index is 362. The minimum atomic E-state index is -0.741. The maximum absolute atomic E-state index is 11.5. The van der Waals surface area contributed by atoms with Crippen molar-refractivity contribution < 1.29 is 14.3 Å². The van der Waals surface area contributed by atoms with Gasteiger partial charge in [-0.1, -0.05) is 6.07 Å². The SMILES string of the molecule is CCOC(=O)C(Cc1ccccn1)C(C)=O. The number of rotatable bonds is 5. The van der Waals surface area contributed by atoms with Gasteiger partial charge in [-0.2, -0.15) is 0 Å². The quantitative estimate of drug-likeness (QED) is 0.557. The van der Waals surface area contributed by atoms with E-state index in [9.17, 15) is 9.59 Å². The molecule has 0 N–H and O–H groups in total. The van der Waals surface area contributed by atoms with E-state index in [0.717, 1.165) is 5.69 Å². The maximum Gasteiger partial charge on any atom is 0.316 e. The summed E-state index contributed by atoms with van der Waals surface area (Å²) in [5.74, 6) is -1.40. The Morgan fingerprint density at radius 3 is 2.69 bits per heavy atom. The number of hydrogen-bond acceptors (Lipinski definition) is 4. The van der Waals surface area contributed by atoms with E-state index >= 15 is 0 Å². The average Bonchev–Trinajstić information content (AvgIpc) is 2.27. The van der Waals surface area contributed by atoms with Crippen molar-refractivity contribution in [3.05, 3.63) is 30.1 Å². The molecule has 0 aliphatic carbocycles. The first-order valence-electron chi connectivity index (χ1n) is 5.22. The predicted molar refractivity (Wildman–Crippen MR) is 58.7 cm³/mol. The second-order valence-corrected chi connectivity index (χ2v) is 3.44. The van der Waals surface area contributed by atoms with Crippen LogP contribution >= 0.6 is 0 Å². The molecule has 16 heavy (non-hydrogen) atoms. The molecule has 0 aromatic carbocycles. The summed E-state index contributed by atoms with van der Waals surface area (Å²) in [6.45, 7) is 3.39. The Morgan fingerprint density at radius 1 is 1.44 bits per heavy atom. The smallest absolute Gasteiger partial charge is 0.316 e. The molecule has 1 rings (SSSR count). The van der Waals surface area contributed by atoms with Crippen LogP contribution in [-0.2, 0) is 20.7 Å². The van der Waals surface area contributed by atoms with E-state index < -0.39 is 11.9 Å². The van der Waals surface area contributed by atoms with E-state index in [1.54, 1.807) is 25.3 Å². The molecular weight excluding hydrogens is 206 g/mol. The molecule has 1 aromatic heterocycles. The zero-order valence-corrected chi connectivity index (χ0v) is 9.47. The molecule has 0 radical (unpaired) electrons. The van der Waals surface area contributed by atoms with Crippen LogP contribution in [0.1, 0.15) is 19.5 Å². The Labute approximate surface area is 94.6 Å². The Morgan fingerprint density at radius 2 is 2.19 bits per heavy atom. The lowest BCUT2D eigenvalue weighted by Crippen LogP contribution is -2.26. The molecule has 0 saturated carbocycles. The second kappa shape index (κ2) is 6.00. The molecule has 4 nitrogen and oxygen atoms in total. The third-order valence-corrected chi connectivity index (χ3v) is 2.20. The lowest BCUT2D eigenvalue weighted by molar-refractivity contribution is -0.151. The maximum atomic E-state index is 11.5. The third kappa shape index (κ3) is 3.46. The van der Waals surface area contributed by atoms with Crippen LogP contribution in [0.4, 0.5) is 0 Å². The van der Waals surface area contributed by atoms with Gasteiger partial charge in [0.15, 0.2) is 0 Å². The first kappa shape index (κ1) is 12.4. The average molecular weight is 221 g/mol. The van der Waals surface area contributed by atoms with Crippen LogP contribution in [-0.4, -0.2) is 23.3 Å². The minimum absolute atomic E-state index is 0.191. The van der Waals surface area contributed by atoms with Crippen LogP contribution in [0.3, 0.4) is 0 Å². The molecule has 0 aliphatic heterocycles. The fourth-order valence-corrected chi connectivity index (χ4v) is 1.36. The number of pyridine rings is 1. The molecule has 1 aromatic rings. The molecule has 1 heterocycles.